The predicted molar refractivity (Wildman–Crippen MR) is 96.2 cm³/mol. The number of para-hydroxylation sites is 1. The highest BCUT2D eigenvalue weighted by Crippen LogP contribution is 2.22. The van der Waals surface area contributed by atoms with E-state index in [0.717, 1.165) is 42.9 Å². The van der Waals surface area contributed by atoms with Crippen molar-refractivity contribution in [3.63, 3.8) is 0 Å². The summed E-state index contributed by atoms with van der Waals surface area (Å²) in [5.41, 5.74) is 4.18. The van der Waals surface area contributed by atoms with Gasteiger partial charge < -0.3 is 9.80 Å². The molecular formula is C19H26N4O. The number of aromatic nitrogens is 2. The van der Waals surface area contributed by atoms with E-state index in [1.54, 1.807) is 0 Å². The summed E-state index contributed by atoms with van der Waals surface area (Å²) in [6.45, 7) is 5.88. The van der Waals surface area contributed by atoms with Crippen molar-refractivity contribution < 1.29 is 4.79 Å². The van der Waals surface area contributed by atoms with Crippen molar-refractivity contribution in [1.82, 2.24) is 15.1 Å². The van der Waals surface area contributed by atoms with Crippen molar-refractivity contribution in [2.24, 2.45) is 0 Å². The van der Waals surface area contributed by atoms with Crippen LogP contribution < -0.4 is 4.90 Å². The second-order valence-corrected chi connectivity index (χ2v) is 6.67. The van der Waals surface area contributed by atoms with Crippen LogP contribution in [-0.4, -0.2) is 47.2 Å². The number of aromatic amines is 1. The highest BCUT2D eigenvalue weighted by atomic mass is 16.2. The van der Waals surface area contributed by atoms with Crippen LogP contribution in [-0.2, 0) is 11.2 Å². The van der Waals surface area contributed by atoms with Crippen molar-refractivity contribution in [2.75, 3.05) is 25.0 Å². The molecule has 1 aromatic carbocycles. The van der Waals surface area contributed by atoms with E-state index in [1.165, 1.54) is 5.69 Å². The first-order chi connectivity index (χ1) is 11.6. The van der Waals surface area contributed by atoms with Gasteiger partial charge in [-0.25, -0.2) is 0 Å². The molecule has 128 valence electrons. The summed E-state index contributed by atoms with van der Waals surface area (Å²) in [5.74, 6) is 0.169. The molecule has 0 saturated carbocycles. The van der Waals surface area contributed by atoms with Crippen LogP contribution in [0.2, 0.25) is 0 Å². The minimum absolute atomic E-state index is 0.169. The highest BCUT2D eigenvalue weighted by molar-refractivity contribution is 5.79. The summed E-state index contributed by atoms with van der Waals surface area (Å²) in [5, 5.41) is 7.15. The molecule has 0 spiro atoms. The smallest absolute Gasteiger partial charge is 0.227 e. The van der Waals surface area contributed by atoms with E-state index in [0.29, 0.717) is 6.42 Å². The molecule has 0 radical (unpaired) electrons. The van der Waals surface area contributed by atoms with Crippen molar-refractivity contribution in [3.05, 3.63) is 47.3 Å². The minimum atomic E-state index is 0.169. The molecule has 1 N–H and O–H groups in total. The summed E-state index contributed by atoms with van der Waals surface area (Å²) in [6, 6.07) is 10.7. The Morgan fingerprint density at radius 3 is 2.75 bits per heavy atom. The largest absolute Gasteiger partial charge is 0.369 e. The van der Waals surface area contributed by atoms with Gasteiger partial charge in [0.2, 0.25) is 5.91 Å². The molecule has 1 atom stereocenters. The molecular weight excluding hydrogens is 300 g/mol. The maximum atomic E-state index is 12.7. The van der Waals surface area contributed by atoms with Gasteiger partial charge >= 0.3 is 0 Å². The summed E-state index contributed by atoms with van der Waals surface area (Å²) in [6.07, 6.45) is 2.60. The molecule has 1 saturated heterocycles. The number of piperidine rings is 1. The number of carbonyl (C=O) groups excluding carboxylic acids is 1. The quantitative estimate of drug-likeness (QED) is 0.940. The lowest BCUT2D eigenvalue weighted by atomic mass is 10.0. The summed E-state index contributed by atoms with van der Waals surface area (Å²) >= 11 is 0. The van der Waals surface area contributed by atoms with Crippen molar-refractivity contribution in [2.45, 2.75) is 39.2 Å². The molecule has 5 heteroatoms. The zero-order chi connectivity index (χ0) is 17.1. The second kappa shape index (κ2) is 7.07. The Hall–Kier alpha value is -2.30. The van der Waals surface area contributed by atoms with Gasteiger partial charge in [-0.3, -0.25) is 9.89 Å². The molecule has 2 aromatic rings. The van der Waals surface area contributed by atoms with Gasteiger partial charge in [0.1, 0.15) is 0 Å². The summed E-state index contributed by atoms with van der Waals surface area (Å²) < 4.78 is 0. The number of nitrogens with zero attached hydrogens (tertiary/aromatic N) is 3. The third kappa shape index (κ3) is 3.45. The van der Waals surface area contributed by atoms with Gasteiger partial charge in [0.05, 0.1) is 12.1 Å². The Balaban J connectivity index is 1.66. The summed E-state index contributed by atoms with van der Waals surface area (Å²) in [7, 11) is 1.94. The third-order valence-electron chi connectivity index (χ3n) is 5.07. The number of amides is 1. The van der Waals surface area contributed by atoms with Gasteiger partial charge in [-0.05, 0) is 38.8 Å². The van der Waals surface area contributed by atoms with Gasteiger partial charge in [-0.15, -0.1) is 0 Å². The fraction of sp³-hybridized carbons (Fsp3) is 0.474. The number of benzene rings is 1. The highest BCUT2D eigenvalue weighted by Gasteiger charge is 2.27. The van der Waals surface area contributed by atoms with Crippen LogP contribution in [0, 0.1) is 13.8 Å². The van der Waals surface area contributed by atoms with E-state index in [2.05, 4.69) is 39.4 Å². The van der Waals surface area contributed by atoms with Crippen molar-refractivity contribution in [1.29, 1.82) is 0 Å². The van der Waals surface area contributed by atoms with E-state index in [-0.39, 0.29) is 11.9 Å². The predicted octanol–water partition coefficient (Wildman–Crippen LogP) is 2.70. The van der Waals surface area contributed by atoms with Crippen LogP contribution in [0.5, 0.6) is 0 Å². The molecule has 5 nitrogen and oxygen atoms in total. The van der Waals surface area contributed by atoms with Crippen LogP contribution in [0.25, 0.3) is 0 Å². The molecule has 0 aliphatic carbocycles. The van der Waals surface area contributed by atoms with E-state index >= 15 is 0 Å². The van der Waals surface area contributed by atoms with Gasteiger partial charge in [-0.2, -0.15) is 5.10 Å². The molecule has 1 aromatic heterocycles. The zero-order valence-corrected chi connectivity index (χ0v) is 14.7. The van der Waals surface area contributed by atoms with E-state index < -0.39 is 0 Å². The number of H-pyrrole nitrogens is 1. The Labute approximate surface area is 143 Å². The molecule has 3 rings (SSSR count). The number of likely N-dealkylation sites (N-methyl/N-ethyl adjacent to an activating group) is 1. The number of hydrogen-bond donors (Lipinski definition) is 1. The molecule has 0 bridgehead atoms. The first-order valence-electron chi connectivity index (χ1n) is 8.62. The molecule has 1 aliphatic rings. The lowest BCUT2D eigenvalue weighted by molar-refractivity contribution is -0.131. The Morgan fingerprint density at radius 2 is 2.08 bits per heavy atom. The normalized spacial score (nSPS) is 17.8. The van der Waals surface area contributed by atoms with Gasteiger partial charge in [0.15, 0.2) is 0 Å². The second-order valence-electron chi connectivity index (χ2n) is 6.67. The first kappa shape index (κ1) is 16.6. The molecule has 2 heterocycles. The topological polar surface area (TPSA) is 52.2 Å². The number of anilines is 1. The standard InChI is InChI=1S/C19H26N4O/c1-14-18(15(2)21-20-14)12-19(24)22(3)17-10-7-11-23(13-17)16-8-5-4-6-9-16/h4-6,8-9,17H,7,10-13H2,1-3H3,(H,20,21). The molecule has 24 heavy (non-hydrogen) atoms. The van der Waals surface area contributed by atoms with Crippen LogP contribution in [0.15, 0.2) is 30.3 Å². The van der Waals surface area contributed by atoms with Gasteiger partial charge in [-0.1, -0.05) is 18.2 Å². The van der Waals surface area contributed by atoms with Crippen molar-refractivity contribution >= 4 is 11.6 Å². The lowest BCUT2D eigenvalue weighted by Crippen LogP contribution is -2.49. The maximum Gasteiger partial charge on any atom is 0.227 e. The molecule has 1 aliphatic heterocycles. The number of rotatable bonds is 4. The summed E-state index contributed by atoms with van der Waals surface area (Å²) in [4.78, 5) is 17.0. The number of nitrogens with one attached hydrogen (secondary N) is 1. The Kier molecular flexibility index (Phi) is 4.88. The van der Waals surface area contributed by atoms with Crippen LogP contribution in [0.3, 0.4) is 0 Å². The fourth-order valence-corrected chi connectivity index (χ4v) is 3.46. The van der Waals surface area contributed by atoms with Crippen LogP contribution in [0.1, 0.15) is 29.8 Å². The molecule has 1 unspecified atom stereocenters. The first-order valence-corrected chi connectivity index (χ1v) is 8.62. The average molecular weight is 326 g/mol. The lowest BCUT2D eigenvalue weighted by Gasteiger charge is -2.39. The van der Waals surface area contributed by atoms with E-state index in [1.807, 2.05) is 31.9 Å². The number of hydrogen-bond acceptors (Lipinski definition) is 3. The maximum absolute atomic E-state index is 12.7. The third-order valence-corrected chi connectivity index (χ3v) is 5.07. The van der Waals surface area contributed by atoms with E-state index in [9.17, 15) is 4.79 Å². The zero-order valence-electron chi connectivity index (χ0n) is 14.7. The fourth-order valence-electron chi connectivity index (χ4n) is 3.46. The average Bonchev–Trinajstić information content (AvgIpc) is 2.94. The van der Waals surface area contributed by atoms with Crippen LogP contribution in [0.4, 0.5) is 5.69 Å². The monoisotopic (exact) mass is 326 g/mol. The molecule has 1 amide bonds. The van der Waals surface area contributed by atoms with Crippen LogP contribution >= 0.6 is 0 Å². The number of aryl methyl sites for hydroxylation is 2. The van der Waals surface area contributed by atoms with Gasteiger partial charge in [0, 0.05) is 43.1 Å². The minimum Gasteiger partial charge on any atom is -0.369 e. The van der Waals surface area contributed by atoms with E-state index in [4.69, 9.17) is 0 Å². The Morgan fingerprint density at radius 1 is 1.33 bits per heavy atom. The molecule has 1 fully saturated rings. The SMILES string of the molecule is Cc1n[nH]c(C)c1CC(=O)N(C)C1CCCN(c2ccccc2)C1. The van der Waals surface area contributed by atoms with Crippen molar-refractivity contribution in [3.8, 4) is 0 Å². The van der Waals surface area contributed by atoms with Gasteiger partial charge in [0.25, 0.3) is 0 Å². The number of carbonyl (C=O) groups is 1. The Bertz CT molecular complexity index is 675.